The van der Waals surface area contributed by atoms with Gasteiger partial charge < -0.3 is 18.6 Å². The lowest BCUT2D eigenvalue weighted by Crippen LogP contribution is -2.38. The first-order chi connectivity index (χ1) is 18.3. The molecule has 190 valence electrons. The van der Waals surface area contributed by atoms with Gasteiger partial charge in [0.2, 0.25) is 0 Å². The fourth-order valence-electron chi connectivity index (χ4n) is 5.48. The van der Waals surface area contributed by atoms with Gasteiger partial charge >= 0.3 is 0 Å². The molecule has 0 N–H and O–H groups in total. The lowest BCUT2D eigenvalue weighted by atomic mass is 9.99. The zero-order valence-corrected chi connectivity index (χ0v) is 21.5. The van der Waals surface area contributed by atoms with Crippen molar-refractivity contribution in [2.75, 3.05) is 39.5 Å². The van der Waals surface area contributed by atoms with Crippen molar-refractivity contribution in [1.82, 2.24) is 9.30 Å². The minimum absolute atomic E-state index is 0.572. The van der Waals surface area contributed by atoms with Gasteiger partial charge in [-0.15, -0.1) is 0 Å². The molecule has 0 saturated carbocycles. The van der Waals surface area contributed by atoms with Gasteiger partial charge in [-0.2, -0.15) is 0 Å². The molecule has 37 heavy (non-hydrogen) atoms. The van der Waals surface area contributed by atoms with Gasteiger partial charge in [-0.3, -0.25) is 4.90 Å². The van der Waals surface area contributed by atoms with Crippen LogP contribution in [0.5, 0.6) is 5.75 Å². The third kappa shape index (κ3) is 4.95. The van der Waals surface area contributed by atoms with Crippen molar-refractivity contribution in [3.05, 3.63) is 95.6 Å². The van der Waals surface area contributed by atoms with Crippen LogP contribution in [-0.4, -0.2) is 48.8 Å². The summed E-state index contributed by atoms with van der Waals surface area (Å²) in [5, 5.41) is 0. The van der Waals surface area contributed by atoms with Crippen LogP contribution in [0.15, 0.2) is 78.9 Å². The van der Waals surface area contributed by atoms with E-state index in [0.717, 1.165) is 51.6 Å². The molecule has 0 spiro atoms. The molecule has 1 aliphatic rings. The van der Waals surface area contributed by atoms with Crippen molar-refractivity contribution in [3.63, 3.8) is 0 Å². The molecule has 1 fully saturated rings. The van der Waals surface area contributed by atoms with Crippen LogP contribution < -0.4 is 4.74 Å². The minimum Gasteiger partial charge on any atom is -0.489 e. The molecule has 0 unspecified atom stereocenters. The van der Waals surface area contributed by atoms with E-state index in [4.69, 9.17) is 14.2 Å². The van der Waals surface area contributed by atoms with Gasteiger partial charge in [-0.25, -0.2) is 0 Å². The van der Waals surface area contributed by atoms with Crippen molar-refractivity contribution in [1.29, 1.82) is 0 Å². The second-order valence-electron chi connectivity index (χ2n) is 9.70. The van der Waals surface area contributed by atoms with E-state index in [1.165, 1.54) is 44.4 Å². The molecule has 6 rings (SSSR count). The summed E-state index contributed by atoms with van der Waals surface area (Å²) in [6, 6.07) is 27.8. The summed E-state index contributed by atoms with van der Waals surface area (Å²) in [5.41, 5.74) is 10.1. The predicted molar refractivity (Wildman–Crippen MR) is 149 cm³/mol. The van der Waals surface area contributed by atoms with Gasteiger partial charge in [-0.1, -0.05) is 55.5 Å². The molecular formula is C32H34N2O3. The topological polar surface area (TPSA) is 35.3 Å². The lowest BCUT2D eigenvalue weighted by Gasteiger charge is -2.26. The second-order valence-corrected chi connectivity index (χ2v) is 9.70. The maximum atomic E-state index is 6.15. The van der Waals surface area contributed by atoms with E-state index >= 15 is 0 Å². The quantitative estimate of drug-likeness (QED) is 0.217. The molecule has 2 aromatic carbocycles. The number of hydrogen-bond donors (Lipinski definition) is 0. The van der Waals surface area contributed by atoms with Gasteiger partial charge in [0, 0.05) is 30.8 Å². The third-order valence-electron chi connectivity index (χ3n) is 7.40. The van der Waals surface area contributed by atoms with E-state index in [0.29, 0.717) is 13.2 Å². The Labute approximate surface area is 218 Å². The number of aryl methyl sites for hydroxylation is 1. The summed E-state index contributed by atoms with van der Waals surface area (Å²) in [4.78, 5) is 2.41. The van der Waals surface area contributed by atoms with Crippen LogP contribution in [-0.2, 0) is 29.1 Å². The van der Waals surface area contributed by atoms with Crippen molar-refractivity contribution < 1.29 is 14.2 Å². The number of nitrogens with zero attached hydrogens (tertiary/aromatic N) is 2. The molecule has 3 aromatic heterocycles. The van der Waals surface area contributed by atoms with Crippen molar-refractivity contribution in [2.45, 2.75) is 26.6 Å². The van der Waals surface area contributed by atoms with E-state index in [1.54, 1.807) is 0 Å². The Morgan fingerprint density at radius 1 is 0.811 bits per heavy atom. The highest BCUT2D eigenvalue weighted by Crippen LogP contribution is 2.39. The highest BCUT2D eigenvalue weighted by molar-refractivity contribution is 5.96. The largest absolute Gasteiger partial charge is 0.489 e. The normalized spacial score (nSPS) is 14.6. The highest BCUT2D eigenvalue weighted by atomic mass is 16.5. The molecule has 5 heteroatoms. The fraction of sp³-hybridized carbons (Fsp3) is 0.312. The maximum absolute atomic E-state index is 6.15. The van der Waals surface area contributed by atoms with Crippen LogP contribution >= 0.6 is 0 Å². The maximum Gasteiger partial charge on any atom is 0.119 e. The van der Waals surface area contributed by atoms with Gasteiger partial charge in [0.15, 0.2) is 0 Å². The molecule has 1 aliphatic heterocycles. The molecule has 1 saturated heterocycles. The molecule has 0 bridgehead atoms. The Morgan fingerprint density at radius 3 is 2.38 bits per heavy atom. The first kappa shape index (κ1) is 24.0. The third-order valence-corrected chi connectivity index (χ3v) is 7.40. The summed E-state index contributed by atoms with van der Waals surface area (Å²) in [7, 11) is 0. The monoisotopic (exact) mass is 494 g/mol. The number of morpholine rings is 1. The van der Waals surface area contributed by atoms with Gasteiger partial charge in [0.1, 0.15) is 12.4 Å². The van der Waals surface area contributed by atoms with E-state index < -0.39 is 0 Å². The molecule has 0 radical (unpaired) electrons. The average molecular weight is 495 g/mol. The number of pyridine rings is 1. The van der Waals surface area contributed by atoms with Gasteiger partial charge in [-0.05, 0) is 53.4 Å². The standard InChI is InChI=1S/C32H34N2O3/c1-2-28-30-10-6-9-29-26(23-36-20-17-33-15-18-35-19-16-33)21-31(34(29)30)32(28)25-11-13-27(14-12-25)37-22-24-7-4-3-5-8-24/h3-14,21H,2,15-20,22-23H2,1H3. The summed E-state index contributed by atoms with van der Waals surface area (Å²) >= 11 is 0. The molecule has 0 atom stereocenters. The van der Waals surface area contributed by atoms with E-state index in [-0.39, 0.29) is 0 Å². The van der Waals surface area contributed by atoms with Crippen LogP contribution in [0, 0.1) is 0 Å². The van der Waals surface area contributed by atoms with E-state index in [2.05, 4.69) is 76.9 Å². The van der Waals surface area contributed by atoms with Crippen LogP contribution in [0.25, 0.3) is 27.7 Å². The second kappa shape index (κ2) is 10.9. The number of hydrogen-bond acceptors (Lipinski definition) is 4. The number of rotatable bonds is 10. The predicted octanol–water partition coefficient (Wildman–Crippen LogP) is 6.19. The van der Waals surface area contributed by atoms with Crippen LogP contribution in [0.4, 0.5) is 0 Å². The molecule has 4 heterocycles. The van der Waals surface area contributed by atoms with Crippen molar-refractivity contribution in [2.24, 2.45) is 0 Å². The molecular weight excluding hydrogens is 460 g/mol. The summed E-state index contributed by atoms with van der Waals surface area (Å²) < 4.78 is 20.0. The van der Waals surface area contributed by atoms with E-state index in [9.17, 15) is 0 Å². The minimum atomic E-state index is 0.572. The van der Waals surface area contributed by atoms with Crippen LogP contribution in [0.3, 0.4) is 0 Å². The van der Waals surface area contributed by atoms with Crippen molar-refractivity contribution >= 4 is 16.6 Å². The fourth-order valence-corrected chi connectivity index (χ4v) is 5.48. The Bertz CT molecular complexity index is 1440. The summed E-state index contributed by atoms with van der Waals surface area (Å²) in [5.74, 6) is 0.886. The van der Waals surface area contributed by atoms with Crippen molar-refractivity contribution in [3.8, 4) is 16.9 Å². The zero-order valence-electron chi connectivity index (χ0n) is 21.5. The van der Waals surface area contributed by atoms with Gasteiger partial charge in [0.05, 0.1) is 43.0 Å². The first-order valence-corrected chi connectivity index (χ1v) is 13.3. The average Bonchev–Trinajstić information content (AvgIpc) is 3.48. The molecule has 0 aliphatic carbocycles. The number of benzene rings is 2. The van der Waals surface area contributed by atoms with Gasteiger partial charge in [0.25, 0.3) is 0 Å². The molecule has 0 amide bonds. The van der Waals surface area contributed by atoms with E-state index in [1.807, 2.05) is 18.2 Å². The number of aromatic nitrogens is 1. The molecule has 5 aromatic rings. The SMILES string of the molecule is CCc1c(-c2ccc(OCc3ccccc3)cc2)c2cc(COCCN3CCOCC3)c3cccc1n32. The smallest absolute Gasteiger partial charge is 0.119 e. The lowest BCUT2D eigenvalue weighted by molar-refractivity contribution is 0.0182. The number of ether oxygens (including phenoxy) is 3. The Morgan fingerprint density at radius 2 is 1.59 bits per heavy atom. The Kier molecular flexibility index (Phi) is 7.09. The van der Waals surface area contributed by atoms with Crippen LogP contribution in [0.2, 0.25) is 0 Å². The molecule has 5 nitrogen and oxygen atoms in total. The highest BCUT2D eigenvalue weighted by Gasteiger charge is 2.20. The summed E-state index contributed by atoms with van der Waals surface area (Å²) in [6.07, 6.45) is 0.980. The zero-order chi connectivity index (χ0) is 25.0. The Balaban J connectivity index is 1.23. The summed E-state index contributed by atoms with van der Waals surface area (Å²) in [6.45, 7) is 8.77. The Hall–Kier alpha value is -3.38. The van der Waals surface area contributed by atoms with Crippen LogP contribution in [0.1, 0.15) is 23.6 Å². The first-order valence-electron chi connectivity index (χ1n) is 13.3.